The molecule has 3 aliphatic heterocycles. The fraction of sp³-hybridized carbons (Fsp3) is 0.222. The summed E-state index contributed by atoms with van der Waals surface area (Å²) in [5.74, 6) is -0.523. The molecule has 176 valence electrons. The second-order valence-corrected chi connectivity index (χ2v) is 9.42. The number of halogens is 1. The van der Waals surface area contributed by atoms with Crippen molar-refractivity contribution >= 4 is 35.2 Å². The summed E-state index contributed by atoms with van der Waals surface area (Å²) < 4.78 is 5.50. The molecular formula is C27H22ClN3O4. The number of hydrogen-bond donors (Lipinski definition) is 0. The number of ether oxygens (including phenoxy) is 1. The molecule has 2 saturated heterocycles. The van der Waals surface area contributed by atoms with Gasteiger partial charge in [0, 0.05) is 23.3 Å². The van der Waals surface area contributed by atoms with Crippen LogP contribution >= 0.6 is 11.6 Å². The van der Waals surface area contributed by atoms with Crippen molar-refractivity contribution in [3.8, 4) is 0 Å². The maximum atomic E-state index is 13.9. The van der Waals surface area contributed by atoms with E-state index in [1.807, 2.05) is 60.7 Å². The number of likely N-dealkylation sites (N-methyl/N-ethyl adjacent to an activating group) is 1. The van der Waals surface area contributed by atoms with Gasteiger partial charge in [0.15, 0.2) is 0 Å². The lowest BCUT2D eigenvalue weighted by atomic mass is 9.67. The molecule has 2 fully saturated rings. The largest absolute Gasteiger partial charge is 0.447 e. The minimum Gasteiger partial charge on any atom is -0.447 e. The molecule has 7 nitrogen and oxygen atoms in total. The van der Waals surface area contributed by atoms with Gasteiger partial charge in [-0.25, -0.2) is 4.79 Å². The number of β-lactam (4-membered cyclic amide) rings is 1. The molecule has 3 heterocycles. The SMILES string of the molecule is CN1C(=O)CN2C(=O)[C@@H](N3C(=O)OC[C@@H]3c3ccccc3)[C@]2(c2ccccc2)c2cc(Cl)ccc21. The number of cyclic esters (lactones) is 1. The van der Waals surface area contributed by atoms with Crippen molar-refractivity contribution in [1.82, 2.24) is 9.80 Å². The standard InChI is InChI=1S/C27H22ClN3O4/c1-29-21-13-12-19(28)14-20(21)27(18-10-6-3-7-11-18)24(25(33)30(27)15-23(29)32)31-22(16-35-26(31)34)17-8-4-2-5-9-17/h2-14,22,24H,15-16H2,1H3/t22-,24-,27+/m1/s1. The van der Waals surface area contributed by atoms with Crippen molar-refractivity contribution in [3.05, 3.63) is 101 Å². The van der Waals surface area contributed by atoms with E-state index < -0.39 is 23.7 Å². The number of benzene rings is 3. The van der Waals surface area contributed by atoms with Gasteiger partial charge in [-0.3, -0.25) is 14.5 Å². The molecule has 0 saturated carbocycles. The zero-order chi connectivity index (χ0) is 24.3. The first-order valence-electron chi connectivity index (χ1n) is 11.4. The predicted molar refractivity (Wildman–Crippen MR) is 130 cm³/mol. The molecule has 3 aromatic rings. The van der Waals surface area contributed by atoms with Crippen LogP contribution in [0.15, 0.2) is 78.9 Å². The molecule has 3 aliphatic rings. The first kappa shape index (κ1) is 21.7. The van der Waals surface area contributed by atoms with Crippen molar-refractivity contribution in [1.29, 1.82) is 0 Å². The highest BCUT2D eigenvalue weighted by Gasteiger charge is 2.69. The van der Waals surface area contributed by atoms with E-state index >= 15 is 0 Å². The third-order valence-corrected chi connectivity index (χ3v) is 7.54. The lowest BCUT2D eigenvalue weighted by Crippen LogP contribution is -2.77. The Kier molecular flexibility index (Phi) is 4.86. The fourth-order valence-corrected chi connectivity index (χ4v) is 5.86. The molecule has 0 radical (unpaired) electrons. The van der Waals surface area contributed by atoms with E-state index in [4.69, 9.17) is 16.3 Å². The zero-order valence-electron chi connectivity index (χ0n) is 18.9. The number of fused-ring (bicyclic) bond motifs is 3. The van der Waals surface area contributed by atoms with Crippen molar-refractivity contribution in [2.45, 2.75) is 17.6 Å². The van der Waals surface area contributed by atoms with Crippen LogP contribution in [-0.4, -0.2) is 53.9 Å². The zero-order valence-corrected chi connectivity index (χ0v) is 19.7. The van der Waals surface area contributed by atoms with Crippen LogP contribution < -0.4 is 4.90 Å². The number of carbonyl (C=O) groups excluding carboxylic acids is 3. The van der Waals surface area contributed by atoms with Crippen LogP contribution in [0, 0.1) is 0 Å². The molecule has 0 aliphatic carbocycles. The Hall–Kier alpha value is -3.84. The minimum absolute atomic E-state index is 0.119. The van der Waals surface area contributed by atoms with Crippen LogP contribution in [0.1, 0.15) is 22.7 Å². The number of anilines is 1. The summed E-state index contributed by atoms with van der Waals surface area (Å²) in [5.41, 5.74) is 1.89. The summed E-state index contributed by atoms with van der Waals surface area (Å²) in [7, 11) is 1.69. The van der Waals surface area contributed by atoms with Gasteiger partial charge in [-0.05, 0) is 29.3 Å². The molecule has 3 atom stereocenters. The van der Waals surface area contributed by atoms with Gasteiger partial charge in [-0.2, -0.15) is 0 Å². The minimum atomic E-state index is -1.12. The molecule has 6 rings (SSSR count). The summed E-state index contributed by atoms with van der Waals surface area (Å²) in [6.07, 6.45) is -0.556. The van der Waals surface area contributed by atoms with E-state index in [0.29, 0.717) is 16.3 Å². The molecule has 3 aromatic carbocycles. The molecular weight excluding hydrogens is 466 g/mol. The molecule has 35 heavy (non-hydrogen) atoms. The number of nitrogens with zero attached hydrogens (tertiary/aromatic N) is 3. The van der Waals surface area contributed by atoms with Crippen LogP contribution in [0.5, 0.6) is 0 Å². The Morgan fingerprint density at radius 2 is 1.63 bits per heavy atom. The lowest BCUT2D eigenvalue weighted by molar-refractivity contribution is -0.170. The summed E-state index contributed by atoms with van der Waals surface area (Å²) >= 11 is 6.49. The predicted octanol–water partition coefficient (Wildman–Crippen LogP) is 3.96. The van der Waals surface area contributed by atoms with E-state index in [1.54, 1.807) is 39.9 Å². The average Bonchev–Trinajstić information content (AvgIpc) is 3.22. The van der Waals surface area contributed by atoms with Crippen LogP contribution in [0.4, 0.5) is 10.5 Å². The number of amides is 3. The summed E-state index contributed by atoms with van der Waals surface area (Å²) in [6.45, 7) is 0.0185. The Bertz CT molecular complexity index is 1350. The number of rotatable bonds is 3. The molecule has 8 heteroatoms. The first-order valence-corrected chi connectivity index (χ1v) is 11.8. The second kappa shape index (κ2) is 7.85. The molecule has 0 spiro atoms. The summed E-state index contributed by atoms with van der Waals surface area (Å²) in [6, 6.07) is 23.0. The molecule has 0 bridgehead atoms. The van der Waals surface area contributed by atoms with Crippen molar-refractivity contribution in [3.63, 3.8) is 0 Å². The van der Waals surface area contributed by atoms with E-state index in [2.05, 4.69) is 0 Å². The average molecular weight is 488 g/mol. The normalized spacial score (nSPS) is 25.5. The highest BCUT2D eigenvalue weighted by Crippen LogP contribution is 2.55. The van der Waals surface area contributed by atoms with Crippen molar-refractivity contribution in [2.24, 2.45) is 0 Å². The molecule has 0 unspecified atom stereocenters. The van der Waals surface area contributed by atoms with Crippen LogP contribution in [0.3, 0.4) is 0 Å². The Morgan fingerprint density at radius 3 is 2.34 bits per heavy atom. The number of hydrogen-bond acceptors (Lipinski definition) is 4. The maximum absolute atomic E-state index is 13.9. The Balaban J connectivity index is 1.63. The molecule has 0 aromatic heterocycles. The highest BCUT2D eigenvalue weighted by molar-refractivity contribution is 6.30. The monoisotopic (exact) mass is 487 g/mol. The Morgan fingerprint density at radius 1 is 0.943 bits per heavy atom. The lowest BCUT2D eigenvalue weighted by Gasteiger charge is -2.59. The highest BCUT2D eigenvalue weighted by atomic mass is 35.5. The van der Waals surface area contributed by atoms with Crippen molar-refractivity contribution in [2.75, 3.05) is 25.1 Å². The van der Waals surface area contributed by atoms with E-state index in [-0.39, 0.29) is 25.0 Å². The first-order chi connectivity index (χ1) is 16.9. The Labute approximate surface area is 207 Å². The van der Waals surface area contributed by atoms with Gasteiger partial charge in [-0.15, -0.1) is 0 Å². The van der Waals surface area contributed by atoms with E-state index in [1.165, 1.54) is 0 Å². The van der Waals surface area contributed by atoms with Gasteiger partial charge in [0.25, 0.3) is 0 Å². The quantitative estimate of drug-likeness (QED) is 0.524. The van der Waals surface area contributed by atoms with Gasteiger partial charge >= 0.3 is 6.09 Å². The summed E-state index contributed by atoms with van der Waals surface area (Å²) in [4.78, 5) is 44.9. The maximum Gasteiger partial charge on any atom is 0.411 e. The smallest absolute Gasteiger partial charge is 0.411 e. The third-order valence-electron chi connectivity index (χ3n) is 7.31. The number of carbonyl (C=O) groups is 3. The molecule has 0 N–H and O–H groups in total. The van der Waals surface area contributed by atoms with Crippen LogP contribution in [-0.2, 0) is 19.9 Å². The van der Waals surface area contributed by atoms with E-state index in [9.17, 15) is 14.4 Å². The van der Waals surface area contributed by atoms with Crippen molar-refractivity contribution < 1.29 is 19.1 Å². The third kappa shape index (κ3) is 2.94. The van der Waals surface area contributed by atoms with Gasteiger partial charge in [0.05, 0.1) is 6.04 Å². The fourth-order valence-electron chi connectivity index (χ4n) is 5.69. The summed E-state index contributed by atoms with van der Waals surface area (Å²) in [5, 5.41) is 0.475. The van der Waals surface area contributed by atoms with Crippen LogP contribution in [0.25, 0.3) is 0 Å². The van der Waals surface area contributed by atoms with Gasteiger partial charge in [0.2, 0.25) is 11.8 Å². The van der Waals surface area contributed by atoms with E-state index in [0.717, 1.165) is 11.1 Å². The van der Waals surface area contributed by atoms with Gasteiger partial charge in [0.1, 0.15) is 24.7 Å². The van der Waals surface area contributed by atoms with Gasteiger partial charge < -0.3 is 14.5 Å². The van der Waals surface area contributed by atoms with Gasteiger partial charge in [-0.1, -0.05) is 72.3 Å². The van der Waals surface area contributed by atoms with Crippen LogP contribution in [0.2, 0.25) is 5.02 Å². The topological polar surface area (TPSA) is 70.2 Å². The second-order valence-electron chi connectivity index (χ2n) is 8.98. The molecule has 3 amide bonds.